The summed E-state index contributed by atoms with van der Waals surface area (Å²) in [4.78, 5) is 2.03. The monoisotopic (exact) mass is 314 g/mol. The average Bonchev–Trinajstić information content (AvgIpc) is 2.51. The molecule has 1 saturated heterocycles. The van der Waals surface area contributed by atoms with Crippen molar-refractivity contribution in [2.75, 3.05) is 39.9 Å². The summed E-state index contributed by atoms with van der Waals surface area (Å²) < 4.78 is 34.0. The number of methoxy groups -OCH3 is 1. The van der Waals surface area contributed by atoms with Gasteiger partial charge in [0.1, 0.15) is 17.4 Å². The second-order valence-corrected chi connectivity index (χ2v) is 6.34. The number of hydrogen-bond acceptors (Lipinski definition) is 4. The van der Waals surface area contributed by atoms with Gasteiger partial charge in [-0.15, -0.1) is 0 Å². The largest absolute Gasteiger partial charge is 0.497 e. The lowest BCUT2D eigenvalue weighted by molar-refractivity contribution is 0.0265. The number of ether oxygens (including phenoxy) is 1. The topological polar surface area (TPSA) is 44.7 Å². The molecular formula is C16H24F2N2O2. The van der Waals surface area contributed by atoms with E-state index in [1.54, 1.807) is 0 Å². The highest BCUT2D eigenvalue weighted by Crippen LogP contribution is 2.41. The molecule has 0 aliphatic carbocycles. The molecular weight excluding hydrogens is 290 g/mol. The summed E-state index contributed by atoms with van der Waals surface area (Å²) in [5, 5.41) is 13.0. The van der Waals surface area contributed by atoms with Crippen LogP contribution in [0.25, 0.3) is 0 Å². The van der Waals surface area contributed by atoms with Gasteiger partial charge in [0, 0.05) is 61.9 Å². The smallest absolute Gasteiger partial charge is 0.134 e. The van der Waals surface area contributed by atoms with Crippen LogP contribution in [-0.2, 0) is 0 Å². The number of nitrogens with zero attached hydrogens (tertiary/aromatic N) is 1. The summed E-state index contributed by atoms with van der Waals surface area (Å²) in [6.07, 6.45) is 0. The highest BCUT2D eigenvalue weighted by molar-refractivity contribution is 5.33. The summed E-state index contributed by atoms with van der Waals surface area (Å²) >= 11 is 0. The number of halogens is 2. The van der Waals surface area contributed by atoms with Gasteiger partial charge >= 0.3 is 0 Å². The van der Waals surface area contributed by atoms with Gasteiger partial charge in [-0.2, -0.15) is 0 Å². The van der Waals surface area contributed by atoms with Crippen LogP contribution in [0.5, 0.6) is 5.75 Å². The number of piperazine rings is 1. The molecule has 1 aromatic rings. The Morgan fingerprint density at radius 1 is 1.27 bits per heavy atom. The van der Waals surface area contributed by atoms with Crippen LogP contribution in [0, 0.1) is 17.0 Å². The van der Waals surface area contributed by atoms with Crippen molar-refractivity contribution in [3.63, 3.8) is 0 Å². The highest BCUT2D eigenvalue weighted by atomic mass is 19.1. The van der Waals surface area contributed by atoms with Gasteiger partial charge in [-0.1, -0.05) is 13.8 Å². The van der Waals surface area contributed by atoms with Crippen LogP contribution >= 0.6 is 0 Å². The van der Waals surface area contributed by atoms with E-state index in [9.17, 15) is 13.9 Å². The second-order valence-electron chi connectivity index (χ2n) is 6.34. The first-order chi connectivity index (χ1) is 10.4. The minimum absolute atomic E-state index is 0.00162. The van der Waals surface area contributed by atoms with E-state index in [4.69, 9.17) is 4.74 Å². The fourth-order valence-corrected chi connectivity index (χ4v) is 3.03. The molecule has 22 heavy (non-hydrogen) atoms. The molecule has 124 valence electrons. The fraction of sp³-hybridized carbons (Fsp3) is 0.625. The highest BCUT2D eigenvalue weighted by Gasteiger charge is 2.39. The van der Waals surface area contributed by atoms with Crippen molar-refractivity contribution < 1.29 is 18.6 Å². The van der Waals surface area contributed by atoms with E-state index in [2.05, 4.69) is 5.32 Å². The molecule has 0 bridgehead atoms. The first-order valence-corrected chi connectivity index (χ1v) is 7.49. The Kier molecular flexibility index (Phi) is 5.36. The van der Waals surface area contributed by atoms with Gasteiger partial charge in [-0.25, -0.2) is 8.78 Å². The fourth-order valence-electron chi connectivity index (χ4n) is 3.03. The minimum atomic E-state index is -0.673. The van der Waals surface area contributed by atoms with Crippen LogP contribution in [0.1, 0.15) is 25.5 Å². The van der Waals surface area contributed by atoms with E-state index in [0.29, 0.717) is 13.1 Å². The summed E-state index contributed by atoms with van der Waals surface area (Å²) in [6, 6.07) is 1.85. The van der Waals surface area contributed by atoms with Crippen molar-refractivity contribution in [1.82, 2.24) is 10.2 Å². The molecule has 0 amide bonds. The van der Waals surface area contributed by atoms with E-state index < -0.39 is 23.1 Å². The number of hydrogen-bond donors (Lipinski definition) is 2. The zero-order valence-corrected chi connectivity index (χ0v) is 13.3. The standard InChI is InChI=1S/C16H24F2N2O2/c1-16(2,10-21)15(20-6-4-19-5-7-20)14-12(17)8-11(22-3)9-13(14)18/h8-9,15,19,21H,4-7,10H2,1-3H3/t15-/m1/s1. The lowest BCUT2D eigenvalue weighted by atomic mass is 9.79. The molecule has 1 aromatic carbocycles. The number of nitrogens with one attached hydrogen (secondary N) is 1. The zero-order chi connectivity index (χ0) is 16.3. The van der Waals surface area contributed by atoms with Crippen LogP contribution in [0.15, 0.2) is 12.1 Å². The van der Waals surface area contributed by atoms with Crippen molar-refractivity contribution in [2.24, 2.45) is 5.41 Å². The molecule has 4 nitrogen and oxygen atoms in total. The van der Waals surface area contributed by atoms with Crippen LogP contribution in [0.3, 0.4) is 0 Å². The molecule has 1 atom stereocenters. The molecule has 0 saturated carbocycles. The molecule has 0 aromatic heterocycles. The molecule has 0 unspecified atom stereocenters. The van der Waals surface area contributed by atoms with Crippen molar-refractivity contribution >= 4 is 0 Å². The first kappa shape index (κ1) is 17.1. The summed E-state index contributed by atoms with van der Waals surface area (Å²) in [5.74, 6) is -1.12. The lowest BCUT2D eigenvalue weighted by Gasteiger charge is -2.43. The van der Waals surface area contributed by atoms with Crippen LogP contribution in [-0.4, -0.2) is 49.9 Å². The Balaban J connectivity index is 2.49. The summed E-state index contributed by atoms with van der Waals surface area (Å²) in [5.41, 5.74) is -0.671. The Morgan fingerprint density at radius 3 is 2.27 bits per heavy atom. The molecule has 1 aliphatic heterocycles. The third-order valence-corrected chi connectivity index (χ3v) is 4.23. The van der Waals surface area contributed by atoms with E-state index in [0.717, 1.165) is 13.1 Å². The van der Waals surface area contributed by atoms with Crippen LogP contribution in [0.2, 0.25) is 0 Å². The second kappa shape index (κ2) is 6.89. The molecule has 6 heteroatoms. The van der Waals surface area contributed by atoms with E-state index >= 15 is 0 Å². The van der Waals surface area contributed by atoms with Crippen molar-refractivity contribution in [3.05, 3.63) is 29.3 Å². The summed E-state index contributed by atoms with van der Waals surface area (Å²) in [6.45, 7) is 6.37. The van der Waals surface area contributed by atoms with E-state index in [1.165, 1.54) is 19.2 Å². The number of aliphatic hydroxyl groups is 1. The van der Waals surface area contributed by atoms with Crippen molar-refractivity contribution in [3.8, 4) is 5.75 Å². The molecule has 0 spiro atoms. The molecule has 1 aliphatic rings. The summed E-state index contributed by atoms with van der Waals surface area (Å²) in [7, 11) is 1.37. The van der Waals surface area contributed by atoms with Crippen LogP contribution in [0.4, 0.5) is 8.78 Å². The lowest BCUT2D eigenvalue weighted by Crippen LogP contribution is -2.50. The van der Waals surface area contributed by atoms with Crippen LogP contribution < -0.4 is 10.1 Å². The maximum atomic E-state index is 14.5. The Labute approximate surface area is 130 Å². The van der Waals surface area contributed by atoms with E-state index in [-0.39, 0.29) is 17.9 Å². The normalized spacial score (nSPS) is 18.3. The first-order valence-electron chi connectivity index (χ1n) is 7.49. The SMILES string of the molecule is COc1cc(F)c([C@@H](N2CCNCC2)C(C)(C)CO)c(F)c1. The predicted molar refractivity (Wildman–Crippen MR) is 81.0 cm³/mol. The van der Waals surface area contributed by atoms with Gasteiger partial charge in [0.2, 0.25) is 0 Å². The Morgan fingerprint density at radius 2 is 1.82 bits per heavy atom. The van der Waals surface area contributed by atoms with Gasteiger partial charge < -0.3 is 15.2 Å². The number of rotatable bonds is 5. The Bertz CT molecular complexity index is 494. The molecule has 0 radical (unpaired) electrons. The third-order valence-electron chi connectivity index (χ3n) is 4.23. The predicted octanol–water partition coefficient (Wildman–Crippen LogP) is 1.94. The molecule has 1 heterocycles. The zero-order valence-electron chi connectivity index (χ0n) is 13.3. The molecule has 2 N–H and O–H groups in total. The maximum absolute atomic E-state index is 14.5. The van der Waals surface area contributed by atoms with Gasteiger partial charge in [0.05, 0.1) is 7.11 Å². The van der Waals surface area contributed by atoms with Crippen molar-refractivity contribution in [2.45, 2.75) is 19.9 Å². The number of aliphatic hydroxyl groups excluding tert-OH is 1. The van der Waals surface area contributed by atoms with Gasteiger partial charge in [0.15, 0.2) is 0 Å². The Hall–Kier alpha value is -1.24. The molecule has 1 fully saturated rings. The van der Waals surface area contributed by atoms with Gasteiger partial charge in [0.25, 0.3) is 0 Å². The average molecular weight is 314 g/mol. The third kappa shape index (κ3) is 3.39. The van der Waals surface area contributed by atoms with Gasteiger partial charge in [-0.3, -0.25) is 4.90 Å². The van der Waals surface area contributed by atoms with Gasteiger partial charge in [-0.05, 0) is 0 Å². The minimum Gasteiger partial charge on any atom is -0.497 e. The molecule has 2 rings (SSSR count). The number of benzene rings is 1. The maximum Gasteiger partial charge on any atom is 0.134 e. The van der Waals surface area contributed by atoms with Crippen molar-refractivity contribution in [1.29, 1.82) is 0 Å². The van der Waals surface area contributed by atoms with E-state index in [1.807, 2.05) is 18.7 Å². The quantitative estimate of drug-likeness (QED) is 0.872.